The summed E-state index contributed by atoms with van der Waals surface area (Å²) in [5, 5.41) is 6.78. The van der Waals surface area contributed by atoms with Crippen LogP contribution in [0.1, 0.15) is 27.5 Å². The van der Waals surface area contributed by atoms with Gasteiger partial charge in [0.2, 0.25) is 5.88 Å². The number of halogens is 3. The largest absolute Gasteiger partial charge is 0.480 e. The monoisotopic (exact) mass is 522 g/mol. The van der Waals surface area contributed by atoms with Crippen LogP contribution in [0.15, 0.2) is 67.5 Å². The van der Waals surface area contributed by atoms with E-state index in [0.717, 1.165) is 22.7 Å². The lowest BCUT2D eigenvalue weighted by Crippen LogP contribution is -2.26. The van der Waals surface area contributed by atoms with Gasteiger partial charge in [0.15, 0.2) is 17.7 Å². The zero-order valence-electron chi connectivity index (χ0n) is 20.1. The number of anilines is 2. The number of hydrogen-bond acceptors (Lipinski definition) is 7. The first-order valence-electron chi connectivity index (χ1n) is 11.3. The number of ether oxygens (including phenoxy) is 1. The molecule has 0 aliphatic rings. The molecule has 0 aliphatic heterocycles. The van der Waals surface area contributed by atoms with Gasteiger partial charge in [-0.1, -0.05) is 30.3 Å². The number of amides is 1. The molecule has 0 radical (unpaired) electrons. The quantitative estimate of drug-likeness (QED) is 0.341. The van der Waals surface area contributed by atoms with Crippen molar-refractivity contribution in [1.29, 1.82) is 0 Å². The van der Waals surface area contributed by atoms with Crippen LogP contribution in [0.25, 0.3) is 16.8 Å². The van der Waals surface area contributed by atoms with Crippen LogP contribution in [-0.2, 0) is 0 Å². The van der Waals surface area contributed by atoms with Crippen LogP contribution >= 0.6 is 0 Å². The van der Waals surface area contributed by atoms with Crippen LogP contribution in [0.4, 0.5) is 24.8 Å². The summed E-state index contributed by atoms with van der Waals surface area (Å²) in [7, 11) is 1.35. The minimum atomic E-state index is -4.59. The van der Waals surface area contributed by atoms with E-state index in [1.165, 1.54) is 43.9 Å². The molecule has 0 spiro atoms. The molecule has 3 N–H and O–H groups in total. The van der Waals surface area contributed by atoms with Gasteiger partial charge in [-0.05, 0) is 30.2 Å². The summed E-state index contributed by atoms with van der Waals surface area (Å²) in [5.41, 5.74) is 8.65. The van der Waals surface area contributed by atoms with Crippen molar-refractivity contribution >= 4 is 23.1 Å². The van der Waals surface area contributed by atoms with Gasteiger partial charge >= 0.3 is 6.18 Å². The molecule has 0 fully saturated rings. The minimum absolute atomic E-state index is 0.0230. The second kappa shape index (κ2) is 9.50. The molecule has 5 aromatic rings. The van der Waals surface area contributed by atoms with Crippen molar-refractivity contribution < 1.29 is 22.7 Å². The maximum atomic E-state index is 13.9. The number of aromatic nitrogens is 6. The normalized spacial score (nSPS) is 12.4. The van der Waals surface area contributed by atoms with E-state index in [1.54, 1.807) is 16.6 Å². The lowest BCUT2D eigenvalue weighted by Gasteiger charge is -2.21. The first-order chi connectivity index (χ1) is 18.2. The van der Waals surface area contributed by atoms with Crippen LogP contribution in [0.2, 0.25) is 0 Å². The number of carbonyl (C=O) groups is 1. The summed E-state index contributed by atoms with van der Waals surface area (Å²) < 4.78 is 49.4. The number of rotatable bonds is 6. The molecule has 13 heteroatoms. The summed E-state index contributed by atoms with van der Waals surface area (Å²) in [5.74, 6) is -0.421. The molecule has 1 aromatic carbocycles. The fourth-order valence-corrected chi connectivity index (χ4v) is 4.27. The van der Waals surface area contributed by atoms with Crippen molar-refractivity contribution in [2.75, 3.05) is 18.2 Å². The summed E-state index contributed by atoms with van der Waals surface area (Å²) in [6.45, 7) is 1.85. The van der Waals surface area contributed by atoms with Crippen molar-refractivity contribution in [3.63, 3.8) is 0 Å². The van der Waals surface area contributed by atoms with Crippen LogP contribution < -0.4 is 15.8 Å². The fourth-order valence-electron chi connectivity index (χ4n) is 4.27. The highest BCUT2D eigenvalue weighted by atomic mass is 19.4. The molecular weight excluding hydrogens is 501 g/mol. The summed E-state index contributed by atoms with van der Waals surface area (Å²) in [4.78, 5) is 25.4. The summed E-state index contributed by atoms with van der Waals surface area (Å²) >= 11 is 0. The van der Waals surface area contributed by atoms with Gasteiger partial charge < -0.3 is 20.4 Å². The van der Waals surface area contributed by atoms with Gasteiger partial charge in [-0.3, -0.25) is 4.79 Å². The topological polar surface area (TPSA) is 125 Å². The van der Waals surface area contributed by atoms with E-state index in [-0.39, 0.29) is 22.8 Å². The van der Waals surface area contributed by atoms with Gasteiger partial charge in [0, 0.05) is 18.0 Å². The number of alkyl halides is 3. The maximum absolute atomic E-state index is 13.9. The third kappa shape index (κ3) is 4.49. The Labute approximate surface area is 213 Å². The molecular formula is C25H21F3N8O2. The van der Waals surface area contributed by atoms with Crippen LogP contribution in [0.3, 0.4) is 0 Å². The Morgan fingerprint density at radius 3 is 2.61 bits per heavy atom. The third-order valence-electron chi connectivity index (χ3n) is 5.92. The van der Waals surface area contributed by atoms with Gasteiger partial charge in [-0.25, -0.2) is 19.5 Å². The first kappa shape index (κ1) is 24.7. The molecule has 0 saturated heterocycles. The second-order valence-electron chi connectivity index (χ2n) is 8.41. The number of imidazole rings is 1. The van der Waals surface area contributed by atoms with Crippen molar-refractivity contribution in [3.05, 3.63) is 84.2 Å². The summed E-state index contributed by atoms with van der Waals surface area (Å²) in [6, 6.07) is 8.84. The molecule has 4 heterocycles. The average molecular weight is 522 g/mol. The highest BCUT2D eigenvalue weighted by Crippen LogP contribution is 2.36. The zero-order valence-corrected chi connectivity index (χ0v) is 20.1. The number of pyridine rings is 1. The number of nitrogens with two attached hydrogens (primary N) is 1. The Morgan fingerprint density at radius 1 is 1.13 bits per heavy atom. The van der Waals surface area contributed by atoms with Crippen molar-refractivity contribution in [3.8, 4) is 17.1 Å². The molecule has 0 bridgehead atoms. The molecule has 0 aliphatic carbocycles. The average Bonchev–Trinajstić information content (AvgIpc) is 3.48. The van der Waals surface area contributed by atoms with Crippen LogP contribution in [-0.4, -0.2) is 48.3 Å². The van der Waals surface area contributed by atoms with Gasteiger partial charge in [0.05, 0.1) is 19.1 Å². The summed E-state index contributed by atoms with van der Waals surface area (Å²) in [6.07, 6.45) is 0.381. The number of aryl methyl sites for hydroxylation is 1. The molecule has 1 unspecified atom stereocenters. The van der Waals surface area contributed by atoms with E-state index < -0.39 is 18.1 Å². The zero-order chi connectivity index (χ0) is 27.0. The Balaban J connectivity index is 1.47. The van der Waals surface area contributed by atoms with Gasteiger partial charge in [0.25, 0.3) is 5.91 Å². The van der Waals surface area contributed by atoms with E-state index in [4.69, 9.17) is 10.5 Å². The fraction of sp³-hybridized carbons (Fsp3) is 0.160. The number of carbonyl (C=O) groups excluding carboxylic acids is 1. The minimum Gasteiger partial charge on any atom is -0.480 e. The van der Waals surface area contributed by atoms with E-state index in [0.29, 0.717) is 22.6 Å². The Morgan fingerprint density at radius 2 is 1.89 bits per heavy atom. The lowest BCUT2D eigenvalue weighted by molar-refractivity contribution is -0.156. The van der Waals surface area contributed by atoms with E-state index in [9.17, 15) is 18.0 Å². The maximum Gasteiger partial charge on any atom is 0.413 e. The van der Waals surface area contributed by atoms with Crippen molar-refractivity contribution in [2.45, 2.75) is 19.1 Å². The van der Waals surface area contributed by atoms with E-state index in [2.05, 4.69) is 25.4 Å². The Kier molecular flexibility index (Phi) is 6.18. The van der Waals surface area contributed by atoms with Gasteiger partial charge in [0.1, 0.15) is 17.4 Å². The number of nitrogens with one attached hydrogen (secondary N) is 1. The lowest BCUT2D eigenvalue weighted by atomic mass is 10.1. The molecule has 38 heavy (non-hydrogen) atoms. The van der Waals surface area contributed by atoms with Crippen molar-refractivity contribution in [2.24, 2.45) is 0 Å². The van der Waals surface area contributed by atoms with Crippen molar-refractivity contribution in [1.82, 2.24) is 29.1 Å². The number of nitrogens with zero attached hydrogens (tertiary/aromatic N) is 6. The number of hydrogen-bond donors (Lipinski definition) is 2. The highest BCUT2D eigenvalue weighted by molar-refractivity contribution is 6.06. The number of nitrogen functional groups attached to an aromatic ring is 1. The predicted molar refractivity (Wildman–Crippen MR) is 133 cm³/mol. The SMILES string of the molecule is COc1ncc(-c2cc(C)c3c(N)ncnn23)cc1C(=O)Nc1cn(C(c2ccccc2)C(F)(F)F)cn1. The van der Waals surface area contributed by atoms with Gasteiger partial charge in [-0.2, -0.15) is 18.3 Å². The standard InChI is InChI=1S/C25H21F3N8O2/c1-14-8-18(36-20(14)22(29)31-12-33-36)16-9-17(24(38-2)30-10-16)23(37)34-19-11-35(13-32-19)21(25(26,27)28)15-6-4-3-5-7-15/h3-13,21H,1-2H3,(H,34,37)(H2,29,31,33). The van der Waals surface area contributed by atoms with Gasteiger partial charge in [-0.15, -0.1) is 0 Å². The Hall–Kier alpha value is -4.94. The second-order valence-corrected chi connectivity index (χ2v) is 8.41. The van der Waals surface area contributed by atoms with Crippen LogP contribution in [0.5, 0.6) is 5.88 Å². The molecule has 4 aromatic heterocycles. The number of benzene rings is 1. The highest BCUT2D eigenvalue weighted by Gasteiger charge is 2.42. The van der Waals surface area contributed by atoms with E-state index >= 15 is 0 Å². The Bertz CT molecular complexity index is 1630. The third-order valence-corrected chi connectivity index (χ3v) is 5.92. The van der Waals surface area contributed by atoms with Crippen LogP contribution in [0, 0.1) is 6.92 Å². The number of fused-ring (bicyclic) bond motifs is 1. The molecule has 1 amide bonds. The number of methoxy groups -OCH3 is 1. The predicted octanol–water partition coefficient (Wildman–Crippen LogP) is 4.29. The molecule has 10 nitrogen and oxygen atoms in total. The molecule has 5 rings (SSSR count). The smallest absolute Gasteiger partial charge is 0.413 e. The molecule has 194 valence electrons. The molecule has 0 saturated carbocycles. The van der Waals surface area contributed by atoms with E-state index in [1.807, 2.05) is 13.0 Å². The first-order valence-corrected chi connectivity index (χ1v) is 11.3. The molecule has 1 atom stereocenters.